The minimum absolute atomic E-state index is 0.0222. The lowest BCUT2D eigenvalue weighted by atomic mass is 10.1. The minimum atomic E-state index is -3.46. The van der Waals surface area contributed by atoms with Crippen molar-refractivity contribution < 1.29 is 13.5 Å². The Kier molecular flexibility index (Phi) is 4.62. The predicted molar refractivity (Wildman–Crippen MR) is 104 cm³/mol. The second-order valence-corrected chi connectivity index (χ2v) is 10.0. The predicted octanol–water partition coefficient (Wildman–Crippen LogP) is 2.94. The quantitative estimate of drug-likeness (QED) is 0.863. The largest absolute Gasteiger partial charge is 0.392 e. The van der Waals surface area contributed by atoms with Gasteiger partial charge in [0.15, 0.2) is 9.84 Å². The Bertz CT molecular complexity index is 1030. The van der Waals surface area contributed by atoms with E-state index in [4.69, 9.17) is 0 Å². The van der Waals surface area contributed by atoms with Crippen LogP contribution in [0.3, 0.4) is 0 Å². The summed E-state index contributed by atoms with van der Waals surface area (Å²) in [6, 6.07) is 6.77. The van der Waals surface area contributed by atoms with Gasteiger partial charge in [0.1, 0.15) is 5.84 Å². The van der Waals surface area contributed by atoms with Crippen LogP contribution in [0.4, 0.5) is 5.69 Å². The SMILES string of the molecule is CC1=C(CO)CN=C1Nc1ccnc2ccc(S(=O)(=O)C(C)(C)C)cc12. The maximum Gasteiger partial charge on any atom is 0.183 e. The van der Waals surface area contributed by atoms with E-state index in [0.29, 0.717) is 23.3 Å². The van der Waals surface area contributed by atoms with Crippen LogP contribution in [-0.4, -0.2) is 42.2 Å². The summed E-state index contributed by atoms with van der Waals surface area (Å²) >= 11 is 0. The van der Waals surface area contributed by atoms with Gasteiger partial charge in [0, 0.05) is 11.6 Å². The lowest BCUT2D eigenvalue weighted by molar-refractivity contribution is 0.329. The van der Waals surface area contributed by atoms with E-state index in [2.05, 4.69) is 15.3 Å². The molecule has 26 heavy (non-hydrogen) atoms. The number of anilines is 1. The van der Waals surface area contributed by atoms with Crippen LogP contribution in [0, 0.1) is 0 Å². The number of fused-ring (bicyclic) bond motifs is 1. The van der Waals surface area contributed by atoms with E-state index >= 15 is 0 Å². The first-order chi connectivity index (χ1) is 12.1. The van der Waals surface area contributed by atoms with Crippen LogP contribution in [0.25, 0.3) is 10.9 Å². The lowest BCUT2D eigenvalue weighted by Crippen LogP contribution is -2.27. The van der Waals surface area contributed by atoms with Crippen LogP contribution in [0.5, 0.6) is 0 Å². The normalized spacial score (nSPS) is 15.5. The number of nitrogens with one attached hydrogen (secondary N) is 1. The topological polar surface area (TPSA) is 91.7 Å². The molecule has 1 aliphatic rings. The molecule has 0 bridgehead atoms. The molecule has 138 valence electrons. The highest BCUT2D eigenvalue weighted by Crippen LogP contribution is 2.30. The summed E-state index contributed by atoms with van der Waals surface area (Å²) < 4.78 is 24.7. The molecule has 0 amide bonds. The number of amidine groups is 1. The summed E-state index contributed by atoms with van der Waals surface area (Å²) in [6.45, 7) is 7.42. The average Bonchev–Trinajstić information content (AvgIpc) is 2.93. The van der Waals surface area contributed by atoms with Gasteiger partial charge in [0.25, 0.3) is 0 Å². The molecule has 0 aliphatic carbocycles. The van der Waals surface area contributed by atoms with E-state index < -0.39 is 14.6 Å². The number of aliphatic imine (C=N–C) groups is 1. The van der Waals surface area contributed by atoms with E-state index in [0.717, 1.165) is 16.8 Å². The van der Waals surface area contributed by atoms with Crippen LogP contribution in [-0.2, 0) is 9.84 Å². The van der Waals surface area contributed by atoms with Gasteiger partial charge < -0.3 is 10.4 Å². The van der Waals surface area contributed by atoms with E-state index in [1.54, 1.807) is 51.2 Å². The first kappa shape index (κ1) is 18.5. The third kappa shape index (κ3) is 3.12. The summed E-state index contributed by atoms with van der Waals surface area (Å²) in [5, 5.41) is 13.3. The number of hydrogen-bond acceptors (Lipinski definition) is 6. The summed E-state index contributed by atoms with van der Waals surface area (Å²) in [6.07, 6.45) is 1.67. The van der Waals surface area contributed by atoms with Crippen LogP contribution in [0.15, 0.2) is 51.5 Å². The number of nitrogens with zero attached hydrogens (tertiary/aromatic N) is 2. The van der Waals surface area contributed by atoms with Crippen molar-refractivity contribution in [3.63, 3.8) is 0 Å². The highest BCUT2D eigenvalue weighted by Gasteiger charge is 2.31. The number of rotatable bonds is 3. The van der Waals surface area contributed by atoms with Crippen LogP contribution in [0.2, 0.25) is 0 Å². The number of hydrogen-bond donors (Lipinski definition) is 2. The van der Waals surface area contributed by atoms with Crippen molar-refractivity contribution >= 4 is 32.3 Å². The molecule has 0 unspecified atom stereocenters. The summed E-state index contributed by atoms with van der Waals surface area (Å²) in [5.74, 6) is 0.686. The Balaban J connectivity index is 2.08. The minimum Gasteiger partial charge on any atom is -0.392 e. The molecule has 1 aliphatic heterocycles. The van der Waals surface area contributed by atoms with Crippen LogP contribution < -0.4 is 5.32 Å². The van der Waals surface area contributed by atoms with Gasteiger partial charge >= 0.3 is 0 Å². The Morgan fingerprint density at radius 1 is 1.23 bits per heavy atom. The first-order valence-electron chi connectivity index (χ1n) is 8.40. The van der Waals surface area contributed by atoms with E-state index in [-0.39, 0.29) is 11.5 Å². The van der Waals surface area contributed by atoms with E-state index in [1.807, 2.05) is 6.92 Å². The van der Waals surface area contributed by atoms with Gasteiger partial charge in [0.05, 0.1) is 34.0 Å². The van der Waals surface area contributed by atoms with E-state index in [1.165, 1.54) is 0 Å². The molecule has 0 saturated carbocycles. The summed E-state index contributed by atoms with van der Waals surface area (Å²) in [5.41, 5.74) is 3.22. The number of aliphatic hydroxyl groups is 1. The molecule has 6 nitrogen and oxygen atoms in total. The lowest BCUT2D eigenvalue weighted by Gasteiger charge is -2.20. The molecule has 0 fully saturated rings. The first-order valence-corrected chi connectivity index (χ1v) is 9.88. The zero-order chi connectivity index (χ0) is 19.1. The molecule has 0 atom stereocenters. The third-order valence-electron chi connectivity index (χ3n) is 4.59. The van der Waals surface area contributed by atoms with Crippen molar-refractivity contribution in [3.8, 4) is 0 Å². The third-order valence-corrected chi connectivity index (χ3v) is 7.07. The highest BCUT2D eigenvalue weighted by atomic mass is 32.2. The molecule has 3 rings (SSSR count). The van der Waals surface area contributed by atoms with Crippen LogP contribution >= 0.6 is 0 Å². The molecular formula is C19H23N3O3S. The monoisotopic (exact) mass is 373 g/mol. The highest BCUT2D eigenvalue weighted by molar-refractivity contribution is 7.92. The molecule has 2 heterocycles. The van der Waals surface area contributed by atoms with Gasteiger partial charge in [-0.15, -0.1) is 0 Å². The maximum atomic E-state index is 12.8. The van der Waals surface area contributed by atoms with Gasteiger partial charge in [0.2, 0.25) is 0 Å². The molecule has 0 spiro atoms. The molecule has 7 heteroatoms. The Morgan fingerprint density at radius 3 is 2.58 bits per heavy atom. The molecule has 0 saturated heterocycles. The standard InChI is InChI=1S/C19H23N3O3S/c1-12-13(11-23)10-21-18(12)22-17-7-8-20-16-6-5-14(9-15(16)17)26(24,25)19(2,3)4/h5-9,23H,10-11H2,1-4H3,(H,20,21,22). The Labute approximate surface area is 153 Å². The molecule has 1 aromatic heterocycles. The zero-order valence-electron chi connectivity index (χ0n) is 15.4. The van der Waals surface area contributed by atoms with Gasteiger partial charge in [-0.1, -0.05) is 0 Å². The number of aromatic nitrogens is 1. The molecular weight excluding hydrogens is 350 g/mol. The van der Waals surface area contributed by atoms with Gasteiger partial charge in [-0.25, -0.2) is 8.42 Å². The smallest absolute Gasteiger partial charge is 0.183 e. The number of sulfone groups is 1. The van der Waals surface area contributed by atoms with Crippen molar-refractivity contribution in [1.29, 1.82) is 0 Å². The van der Waals surface area contributed by atoms with Gasteiger partial charge in [-0.2, -0.15) is 0 Å². The Hall–Kier alpha value is -2.25. The second-order valence-electron chi connectivity index (χ2n) is 7.33. The average molecular weight is 373 g/mol. The fraction of sp³-hybridized carbons (Fsp3) is 0.368. The number of pyridine rings is 1. The van der Waals surface area contributed by atoms with Crippen molar-refractivity contribution in [2.45, 2.75) is 37.3 Å². The number of benzene rings is 1. The molecule has 2 aromatic rings. The van der Waals surface area contributed by atoms with Crippen molar-refractivity contribution in [1.82, 2.24) is 4.98 Å². The maximum absolute atomic E-state index is 12.8. The van der Waals surface area contributed by atoms with Crippen molar-refractivity contribution in [2.75, 3.05) is 18.5 Å². The van der Waals surface area contributed by atoms with Gasteiger partial charge in [-0.05, 0) is 63.1 Å². The van der Waals surface area contributed by atoms with Gasteiger partial charge in [-0.3, -0.25) is 9.98 Å². The Morgan fingerprint density at radius 2 is 1.96 bits per heavy atom. The molecule has 1 aromatic carbocycles. The number of aliphatic hydroxyl groups excluding tert-OH is 1. The fourth-order valence-corrected chi connectivity index (χ4v) is 3.99. The van der Waals surface area contributed by atoms with Crippen LogP contribution in [0.1, 0.15) is 27.7 Å². The molecule has 0 radical (unpaired) electrons. The summed E-state index contributed by atoms with van der Waals surface area (Å²) in [4.78, 5) is 9.01. The molecule has 2 N–H and O–H groups in total. The summed E-state index contributed by atoms with van der Waals surface area (Å²) in [7, 11) is -3.46. The zero-order valence-corrected chi connectivity index (χ0v) is 16.2. The fourth-order valence-electron chi connectivity index (χ4n) is 2.76. The van der Waals surface area contributed by atoms with Crippen molar-refractivity contribution in [3.05, 3.63) is 41.6 Å². The van der Waals surface area contributed by atoms with Crippen molar-refractivity contribution in [2.24, 2.45) is 4.99 Å². The second kappa shape index (κ2) is 6.48. The van der Waals surface area contributed by atoms with E-state index in [9.17, 15) is 13.5 Å².